The number of carbonyl (C=O) groups excluding carboxylic acids is 2. The van der Waals surface area contributed by atoms with E-state index >= 15 is 0 Å². The minimum atomic E-state index is -0.0933. The van der Waals surface area contributed by atoms with Crippen LogP contribution in [0.15, 0.2) is 103 Å². The van der Waals surface area contributed by atoms with Gasteiger partial charge < -0.3 is 14.4 Å². The molecule has 0 atom stereocenters. The second kappa shape index (κ2) is 15.8. The van der Waals surface area contributed by atoms with E-state index < -0.39 is 0 Å². The average molecular weight is 564 g/mol. The summed E-state index contributed by atoms with van der Waals surface area (Å²) in [6.07, 6.45) is 6.64. The molecule has 0 aliphatic carbocycles. The van der Waals surface area contributed by atoms with Gasteiger partial charge in [0.25, 0.3) is 5.91 Å². The van der Waals surface area contributed by atoms with Gasteiger partial charge in [0.05, 0.1) is 6.54 Å². The van der Waals surface area contributed by atoms with Crippen molar-refractivity contribution in [2.24, 2.45) is 5.92 Å². The summed E-state index contributed by atoms with van der Waals surface area (Å²) >= 11 is 0. The Morgan fingerprint density at radius 2 is 1.38 bits per heavy atom. The number of benzene rings is 3. The van der Waals surface area contributed by atoms with Gasteiger partial charge in [0.1, 0.15) is 6.54 Å². The third-order valence-corrected chi connectivity index (χ3v) is 7.51. The molecule has 3 aromatic carbocycles. The van der Waals surface area contributed by atoms with Crippen LogP contribution in [0.3, 0.4) is 0 Å². The van der Waals surface area contributed by atoms with Crippen molar-refractivity contribution >= 4 is 11.8 Å². The quantitative estimate of drug-likeness (QED) is 0.140. The monoisotopic (exact) mass is 563 g/mol. The van der Waals surface area contributed by atoms with E-state index in [1.165, 1.54) is 24.0 Å². The topological polar surface area (TPSA) is 45.6 Å². The molecule has 4 aromatic rings. The largest absolute Gasteiger partial charge is 0.345 e. The highest BCUT2D eigenvalue weighted by molar-refractivity contribution is 5.96. The number of aryl methyl sites for hydroxylation is 1. The highest BCUT2D eigenvalue weighted by atomic mass is 16.2. The number of rotatable bonds is 15. The number of hydrogen-bond acceptors (Lipinski definition) is 2. The second-order valence-corrected chi connectivity index (χ2v) is 11.6. The Hall–Kier alpha value is -4.12. The molecule has 0 saturated heterocycles. The molecule has 0 aliphatic heterocycles. The van der Waals surface area contributed by atoms with Crippen LogP contribution in [-0.2, 0) is 30.8 Å². The predicted molar refractivity (Wildman–Crippen MR) is 171 cm³/mol. The van der Waals surface area contributed by atoms with E-state index in [9.17, 15) is 9.59 Å². The first-order valence-corrected chi connectivity index (χ1v) is 15.3. The fourth-order valence-corrected chi connectivity index (χ4v) is 5.26. The lowest BCUT2D eigenvalue weighted by atomic mass is 10.0. The van der Waals surface area contributed by atoms with Gasteiger partial charge in [0.15, 0.2) is 0 Å². The van der Waals surface area contributed by atoms with Crippen molar-refractivity contribution in [3.8, 4) is 0 Å². The zero-order valence-electron chi connectivity index (χ0n) is 25.4. The third kappa shape index (κ3) is 9.20. The molecule has 220 valence electrons. The predicted octanol–water partition coefficient (Wildman–Crippen LogP) is 7.60. The van der Waals surface area contributed by atoms with Crippen LogP contribution in [0.5, 0.6) is 0 Å². The van der Waals surface area contributed by atoms with Gasteiger partial charge in [-0.25, -0.2) is 0 Å². The molecule has 42 heavy (non-hydrogen) atoms. The zero-order valence-corrected chi connectivity index (χ0v) is 25.4. The lowest BCUT2D eigenvalue weighted by molar-refractivity contribution is -0.133. The van der Waals surface area contributed by atoms with E-state index in [-0.39, 0.29) is 24.3 Å². The molecule has 0 spiro atoms. The molecule has 1 aromatic heterocycles. The van der Waals surface area contributed by atoms with Crippen molar-refractivity contribution < 1.29 is 9.59 Å². The second-order valence-electron chi connectivity index (χ2n) is 11.6. The van der Waals surface area contributed by atoms with Gasteiger partial charge in [0.2, 0.25) is 5.91 Å². The Labute approximate surface area is 251 Å². The van der Waals surface area contributed by atoms with Crippen LogP contribution in [0.2, 0.25) is 0 Å². The summed E-state index contributed by atoms with van der Waals surface area (Å²) in [4.78, 5) is 31.3. The molecular weight excluding hydrogens is 518 g/mol. The molecular formula is C37H45N3O2. The van der Waals surface area contributed by atoms with E-state index in [0.717, 1.165) is 30.6 Å². The smallest absolute Gasteiger partial charge is 0.254 e. The first kappa shape index (κ1) is 30.8. The Kier molecular flexibility index (Phi) is 11.6. The molecule has 0 unspecified atom stereocenters. The molecule has 1 heterocycles. The van der Waals surface area contributed by atoms with Gasteiger partial charge in [-0.05, 0) is 59.7 Å². The Morgan fingerprint density at radius 3 is 2.02 bits per heavy atom. The zero-order chi connectivity index (χ0) is 29.7. The van der Waals surface area contributed by atoms with Crippen LogP contribution in [0.25, 0.3) is 0 Å². The fraction of sp³-hybridized carbons (Fsp3) is 0.351. The summed E-state index contributed by atoms with van der Waals surface area (Å²) in [6.45, 7) is 8.61. The lowest BCUT2D eigenvalue weighted by Crippen LogP contribution is -2.44. The Bertz CT molecular complexity index is 1380. The maximum Gasteiger partial charge on any atom is 0.254 e. The minimum Gasteiger partial charge on any atom is -0.345 e. The number of aromatic nitrogens is 1. The SMILES string of the molecule is CCCCCc1ccc(C(=O)N(CC(=O)N(Cc2ccccc2)Cc2cccn2Cc2ccccc2)CC(C)C)cc1. The van der Waals surface area contributed by atoms with E-state index in [1.54, 1.807) is 4.90 Å². The van der Waals surface area contributed by atoms with Gasteiger partial charge in [-0.3, -0.25) is 9.59 Å². The van der Waals surface area contributed by atoms with Crippen molar-refractivity contribution in [1.29, 1.82) is 0 Å². The minimum absolute atomic E-state index is 0.0431. The molecule has 0 saturated carbocycles. The van der Waals surface area contributed by atoms with Crippen molar-refractivity contribution in [3.63, 3.8) is 0 Å². The van der Waals surface area contributed by atoms with Crippen LogP contribution < -0.4 is 0 Å². The summed E-state index contributed by atoms with van der Waals surface area (Å²) in [5.41, 5.74) is 5.21. The molecule has 5 nitrogen and oxygen atoms in total. The van der Waals surface area contributed by atoms with E-state index in [1.807, 2.05) is 71.6 Å². The number of carbonyl (C=O) groups is 2. The van der Waals surface area contributed by atoms with E-state index in [0.29, 0.717) is 25.2 Å². The van der Waals surface area contributed by atoms with Crippen LogP contribution in [0, 0.1) is 5.92 Å². The summed E-state index contributed by atoms with van der Waals surface area (Å²) in [5.74, 6) is 0.0847. The molecule has 2 amide bonds. The average Bonchev–Trinajstić information content (AvgIpc) is 3.43. The number of amides is 2. The van der Waals surface area contributed by atoms with Crippen LogP contribution in [0.4, 0.5) is 0 Å². The maximum atomic E-state index is 14.0. The van der Waals surface area contributed by atoms with E-state index in [2.05, 4.69) is 61.9 Å². The number of hydrogen-bond donors (Lipinski definition) is 0. The van der Waals surface area contributed by atoms with Crippen LogP contribution in [-0.4, -0.2) is 39.3 Å². The van der Waals surface area contributed by atoms with Crippen LogP contribution in [0.1, 0.15) is 72.8 Å². The van der Waals surface area contributed by atoms with Gasteiger partial charge >= 0.3 is 0 Å². The highest BCUT2D eigenvalue weighted by Gasteiger charge is 2.24. The van der Waals surface area contributed by atoms with E-state index in [4.69, 9.17) is 0 Å². The molecule has 5 heteroatoms. The Balaban J connectivity index is 1.52. The van der Waals surface area contributed by atoms with Crippen molar-refractivity contribution in [2.45, 2.75) is 66.1 Å². The van der Waals surface area contributed by atoms with Crippen molar-refractivity contribution in [1.82, 2.24) is 14.4 Å². The van der Waals surface area contributed by atoms with Gasteiger partial charge in [-0.1, -0.05) is 106 Å². The normalized spacial score (nSPS) is 11.0. The van der Waals surface area contributed by atoms with Crippen LogP contribution >= 0.6 is 0 Å². The number of nitrogens with zero attached hydrogens (tertiary/aromatic N) is 3. The first-order chi connectivity index (χ1) is 20.4. The molecule has 4 rings (SSSR count). The van der Waals surface area contributed by atoms with Gasteiger partial charge in [0, 0.05) is 37.1 Å². The molecule has 0 aliphatic rings. The molecule has 0 bridgehead atoms. The first-order valence-electron chi connectivity index (χ1n) is 15.3. The molecule has 0 N–H and O–H groups in total. The summed E-state index contributed by atoms with van der Waals surface area (Å²) in [6, 6.07) is 32.5. The maximum absolute atomic E-state index is 14.0. The Morgan fingerprint density at radius 1 is 0.714 bits per heavy atom. The van der Waals surface area contributed by atoms with Gasteiger partial charge in [-0.2, -0.15) is 0 Å². The summed E-state index contributed by atoms with van der Waals surface area (Å²) in [7, 11) is 0. The van der Waals surface area contributed by atoms with Gasteiger partial charge in [-0.15, -0.1) is 0 Å². The standard InChI is InChI=1S/C37H45N3O2/c1-4-5-8-14-31-20-22-34(23-21-31)37(42)40(25-30(2)3)29-36(41)39(27-33-17-11-7-12-18-33)28-35-19-13-24-38(35)26-32-15-9-6-10-16-32/h6-7,9-13,15-24,30H,4-5,8,14,25-29H2,1-3H3. The summed E-state index contributed by atoms with van der Waals surface area (Å²) in [5, 5.41) is 0. The third-order valence-electron chi connectivity index (χ3n) is 7.51. The highest BCUT2D eigenvalue weighted by Crippen LogP contribution is 2.16. The summed E-state index contributed by atoms with van der Waals surface area (Å²) < 4.78 is 2.19. The molecule has 0 fully saturated rings. The fourth-order valence-electron chi connectivity index (χ4n) is 5.26. The van der Waals surface area contributed by atoms with Crippen molar-refractivity contribution in [2.75, 3.05) is 13.1 Å². The lowest BCUT2D eigenvalue weighted by Gasteiger charge is -2.29. The molecule has 0 radical (unpaired) electrons. The van der Waals surface area contributed by atoms with Crippen molar-refractivity contribution in [3.05, 3.63) is 131 Å². The number of unbranched alkanes of at least 4 members (excludes halogenated alkanes) is 2.